The molecule has 0 spiro atoms. The SMILES string of the molecule is COC(=O)CCNC(=O)c1cccc(I)c1. The minimum absolute atomic E-state index is 0.178. The maximum atomic E-state index is 11.6. The first-order chi connectivity index (χ1) is 7.63. The predicted molar refractivity (Wildman–Crippen MR) is 68.1 cm³/mol. The monoisotopic (exact) mass is 333 g/mol. The molecule has 0 unspecified atom stereocenters. The number of nitrogens with one attached hydrogen (secondary N) is 1. The summed E-state index contributed by atoms with van der Waals surface area (Å²) in [5, 5.41) is 2.65. The molecule has 1 N–H and O–H groups in total. The summed E-state index contributed by atoms with van der Waals surface area (Å²) in [6, 6.07) is 7.24. The van der Waals surface area contributed by atoms with Gasteiger partial charge in [0.15, 0.2) is 0 Å². The van der Waals surface area contributed by atoms with Crippen molar-refractivity contribution in [2.45, 2.75) is 6.42 Å². The van der Waals surface area contributed by atoms with E-state index in [1.165, 1.54) is 7.11 Å². The molecule has 1 aromatic carbocycles. The molecule has 0 aliphatic rings. The second-order valence-electron chi connectivity index (χ2n) is 3.09. The molecule has 0 saturated carbocycles. The first kappa shape index (κ1) is 13.0. The number of hydrogen-bond donors (Lipinski definition) is 1. The minimum atomic E-state index is -0.331. The molecule has 0 atom stereocenters. The van der Waals surface area contributed by atoms with Crippen molar-refractivity contribution in [3.63, 3.8) is 0 Å². The van der Waals surface area contributed by atoms with Crippen molar-refractivity contribution in [1.82, 2.24) is 5.32 Å². The van der Waals surface area contributed by atoms with Gasteiger partial charge < -0.3 is 10.1 Å². The van der Waals surface area contributed by atoms with Crippen LogP contribution in [0.1, 0.15) is 16.8 Å². The number of carbonyl (C=O) groups is 2. The normalized spacial score (nSPS) is 9.62. The van der Waals surface area contributed by atoms with Crippen LogP contribution < -0.4 is 5.32 Å². The quantitative estimate of drug-likeness (QED) is 0.672. The Morgan fingerprint density at radius 3 is 2.81 bits per heavy atom. The van der Waals surface area contributed by atoms with Crippen molar-refractivity contribution >= 4 is 34.5 Å². The number of carbonyl (C=O) groups excluding carboxylic acids is 2. The van der Waals surface area contributed by atoms with Gasteiger partial charge in [0, 0.05) is 15.7 Å². The molecule has 1 aromatic rings. The number of esters is 1. The summed E-state index contributed by atoms with van der Waals surface area (Å²) < 4.78 is 5.46. The molecule has 1 amide bonds. The molecule has 4 nitrogen and oxygen atoms in total. The van der Waals surface area contributed by atoms with Crippen molar-refractivity contribution in [3.8, 4) is 0 Å². The van der Waals surface area contributed by atoms with E-state index in [0.29, 0.717) is 5.56 Å². The Hall–Kier alpha value is -1.11. The minimum Gasteiger partial charge on any atom is -0.469 e. The van der Waals surface area contributed by atoms with Gasteiger partial charge in [-0.15, -0.1) is 0 Å². The molecule has 0 aromatic heterocycles. The number of halogens is 1. The topological polar surface area (TPSA) is 55.4 Å². The van der Waals surface area contributed by atoms with Gasteiger partial charge in [-0.25, -0.2) is 0 Å². The summed E-state index contributed by atoms with van der Waals surface area (Å²) in [6.45, 7) is 0.289. The fourth-order valence-corrected chi connectivity index (χ4v) is 1.66. The fourth-order valence-electron chi connectivity index (χ4n) is 1.11. The molecule has 0 radical (unpaired) electrons. The molecular formula is C11H12INO3. The lowest BCUT2D eigenvalue weighted by atomic mass is 10.2. The average Bonchev–Trinajstić information content (AvgIpc) is 2.28. The smallest absolute Gasteiger partial charge is 0.307 e. The van der Waals surface area contributed by atoms with Crippen LogP contribution in [0.2, 0.25) is 0 Å². The zero-order chi connectivity index (χ0) is 12.0. The fraction of sp³-hybridized carbons (Fsp3) is 0.273. The van der Waals surface area contributed by atoms with Gasteiger partial charge in [-0.2, -0.15) is 0 Å². The Kier molecular flexibility index (Phi) is 5.24. The molecule has 16 heavy (non-hydrogen) atoms. The number of hydrogen-bond acceptors (Lipinski definition) is 3. The summed E-state index contributed by atoms with van der Waals surface area (Å²) in [5.41, 5.74) is 0.594. The standard InChI is InChI=1S/C11H12INO3/c1-16-10(14)5-6-13-11(15)8-3-2-4-9(12)7-8/h2-4,7H,5-6H2,1H3,(H,13,15). The predicted octanol–water partition coefficient (Wildman–Crippen LogP) is 1.58. The third kappa shape index (κ3) is 4.18. The third-order valence-corrected chi connectivity index (χ3v) is 2.60. The largest absolute Gasteiger partial charge is 0.469 e. The Balaban J connectivity index is 2.44. The molecular weight excluding hydrogens is 321 g/mol. The Bertz CT molecular complexity index is 393. The number of methoxy groups -OCH3 is 1. The lowest BCUT2D eigenvalue weighted by Gasteiger charge is -2.04. The first-order valence-electron chi connectivity index (χ1n) is 4.74. The summed E-state index contributed by atoms with van der Waals surface area (Å²) >= 11 is 2.14. The van der Waals surface area contributed by atoms with E-state index in [0.717, 1.165) is 3.57 Å². The van der Waals surface area contributed by atoms with E-state index < -0.39 is 0 Å². The zero-order valence-corrected chi connectivity index (χ0v) is 11.0. The van der Waals surface area contributed by atoms with E-state index in [1.807, 2.05) is 12.1 Å². The Morgan fingerprint density at radius 2 is 2.19 bits per heavy atom. The summed E-state index contributed by atoms with van der Waals surface area (Å²) in [6.07, 6.45) is 0.187. The summed E-state index contributed by atoms with van der Waals surface area (Å²) in [7, 11) is 1.32. The molecule has 0 fully saturated rings. The summed E-state index contributed by atoms with van der Waals surface area (Å²) in [5.74, 6) is -0.509. The highest BCUT2D eigenvalue weighted by molar-refractivity contribution is 14.1. The number of amides is 1. The number of ether oxygens (including phenoxy) is 1. The van der Waals surface area contributed by atoms with Crippen LogP contribution in [0.25, 0.3) is 0 Å². The number of rotatable bonds is 4. The molecule has 5 heteroatoms. The van der Waals surface area contributed by atoms with E-state index >= 15 is 0 Å². The van der Waals surface area contributed by atoms with Crippen molar-refractivity contribution in [2.75, 3.05) is 13.7 Å². The van der Waals surface area contributed by atoms with E-state index in [4.69, 9.17) is 0 Å². The molecule has 1 rings (SSSR count). The molecule has 0 heterocycles. The van der Waals surface area contributed by atoms with Crippen LogP contribution in [0.5, 0.6) is 0 Å². The van der Waals surface area contributed by atoms with Crippen molar-refractivity contribution < 1.29 is 14.3 Å². The van der Waals surface area contributed by atoms with Crippen LogP contribution in [0.4, 0.5) is 0 Å². The zero-order valence-electron chi connectivity index (χ0n) is 8.83. The lowest BCUT2D eigenvalue weighted by Crippen LogP contribution is -2.26. The second-order valence-corrected chi connectivity index (χ2v) is 4.34. The highest BCUT2D eigenvalue weighted by Gasteiger charge is 2.06. The van der Waals surface area contributed by atoms with E-state index in [-0.39, 0.29) is 24.8 Å². The third-order valence-electron chi connectivity index (χ3n) is 1.93. The van der Waals surface area contributed by atoms with Crippen LogP contribution in [-0.2, 0) is 9.53 Å². The van der Waals surface area contributed by atoms with Gasteiger partial charge in [0.25, 0.3) is 5.91 Å². The van der Waals surface area contributed by atoms with Crippen LogP contribution in [0, 0.1) is 3.57 Å². The van der Waals surface area contributed by atoms with Crippen LogP contribution in [0.3, 0.4) is 0 Å². The van der Waals surface area contributed by atoms with E-state index in [1.54, 1.807) is 12.1 Å². The maximum absolute atomic E-state index is 11.6. The number of benzene rings is 1. The van der Waals surface area contributed by atoms with Gasteiger partial charge in [-0.3, -0.25) is 9.59 Å². The van der Waals surface area contributed by atoms with Crippen LogP contribution in [0.15, 0.2) is 24.3 Å². The van der Waals surface area contributed by atoms with E-state index in [9.17, 15) is 9.59 Å². The maximum Gasteiger partial charge on any atom is 0.307 e. The molecule has 0 aliphatic heterocycles. The van der Waals surface area contributed by atoms with Gasteiger partial charge >= 0.3 is 5.97 Å². The first-order valence-corrected chi connectivity index (χ1v) is 5.82. The van der Waals surface area contributed by atoms with Gasteiger partial charge in [0.2, 0.25) is 0 Å². The van der Waals surface area contributed by atoms with Crippen LogP contribution in [-0.4, -0.2) is 25.5 Å². The average molecular weight is 333 g/mol. The van der Waals surface area contributed by atoms with Gasteiger partial charge in [-0.1, -0.05) is 6.07 Å². The highest BCUT2D eigenvalue weighted by Crippen LogP contribution is 2.07. The Labute approximate surface area is 108 Å². The van der Waals surface area contributed by atoms with E-state index in [2.05, 4.69) is 32.6 Å². The Morgan fingerprint density at radius 1 is 1.44 bits per heavy atom. The van der Waals surface area contributed by atoms with Crippen molar-refractivity contribution in [3.05, 3.63) is 33.4 Å². The van der Waals surface area contributed by atoms with Crippen molar-refractivity contribution in [1.29, 1.82) is 0 Å². The van der Waals surface area contributed by atoms with Crippen LogP contribution >= 0.6 is 22.6 Å². The molecule has 86 valence electrons. The van der Waals surface area contributed by atoms with Gasteiger partial charge in [-0.05, 0) is 40.8 Å². The molecule has 0 bridgehead atoms. The molecule has 0 aliphatic carbocycles. The highest BCUT2D eigenvalue weighted by atomic mass is 127. The molecule has 0 saturated heterocycles. The van der Waals surface area contributed by atoms with Gasteiger partial charge in [0.05, 0.1) is 13.5 Å². The van der Waals surface area contributed by atoms with Crippen molar-refractivity contribution in [2.24, 2.45) is 0 Å². The van der Waals surface area contributed by atoms with Gasteiger partial charge in [0.1, 0.15) is 0 Å². The lowest BCUT2D eigenvalue weighted by molar-refractivity contribution is -0.140. The second kappa shape index (κ2) is 6.47. The summed E-state index contributed by atoms with van der Waals surface area (Å²) in [4.78, 5) is 22.4.